The molecule has 0 saturated heterocycles. The quantitative estimate of drug-likeness (QED) is 0.705. The van der Waals surface area contributed by atoms with Crippen molar-refractivity contribution in [3.8, 4) is 0 Å². The third kappa shape index (κ3) is 5.64. The minimum atomic E-state index is -3.43. The molecular weight excluding hydrogens is 298 g/mol. The Morgan fingerprint density at radius 3 is 2.72 bits per heavy atom. The molecule has 1 aromatic rings. The second-order valence-electron chi connectivity index (χ2n) is 3.42. The zero-order valence-electron chi connectivity index (χ0n) is 10.0. The fourth-order valence-electron chi connectivity index (χ4n) is 1.14. The minimum Gasteiger partial charge on any atom is -0.382 e. The van der Waals surface area contributed by atoms with E-state index in [2.05, 4.69) is 4.72 Å². The predicted octanol–water partition coefficient (Wildman–Crippen LogP) is 1.73. The second-order valence-corrected chi connectivity index (χ2v) is 7.12. The highest BCUT2D eigenvalue weighted by Crippen LogP contribution is 2.25. The molecule has 0 aromatic carbocycles. The standard InChI is InChI=1S/C10H16ClNO4S2/c1-15-7-8-16-6-2-5-12-18(13,14)10-4-3-9(11)17-10/h3-4,12H,2,5-8H2,1H3. The summed E-state index contributed by atoms with van der Waals surface area (Å²) in [4.78, 5) is 0. The number of hydrogen-bond donors (Lipinski definition) is 1. The smallest absolute Gasteiger partial charge is 0.250 e. The molecule has 1 rings (SSSR count). The second kappa shape index (κ2) is 8.08. The number of sulfonamides is 1. The fraction of sp³-hybridized carbons (Fsp3) is 0.600. The van der Waals surface area contributed by atoms with Crippen molar-refractivity contribution in [2.24, 2.45) is 0 Å². The lowest BCUT2D eigenvalue weighted by molar-refractivity contribution is 0.0699. The molecule has 0 aliphatic heterocycles. The monoisotopic (exact) mass is 313 g/mol. The molecule has 0 atom stereocenters. The summed E-state index contributed by atoms with van der Waals surface area (Å²) in [5, 5.41) is 0. The summed E-state index contributed by atoms with van der Waals surface area (Å²) >= 11 is 6.73. The molecule has 0 fully saturated rings. The first-order chi connectivity index (χ1) is 8.56. The number of hydrogen-bond acceptors (Lipinski definition) is 5. The van der Waals surface area contributed by atoms with Gasteiger partial charge in [-0.3, -0.25) is 0 Å². The summed E-state index contributed by atoms with van der Waals surface area (Å²) in [6, 6.07) is 3.05. The van der Waals surface area contributed by atoms with E-state index in [0.717, 1.165) is 11.3 Å². The van der Waals surface area contributed by atoms with Gasteiger partial charge < -0.3 is 9.47 Å². The molecule has 0 aliphatic rings. The van der Waals surface area contributed by atoms with Gasteiger partial charge in [0.05, 0.1) is 17.6 Å². The van der Waals surface area contributed by atoms with Crippen LogP contribution < -0.4 is 4.72 Å². The molecule has 18 heavy (non-hydrogen) atoms. The van der Waals surface area contributed by atoms with Gasteiger partial charge in [-0.25, -0.2) is 13.1 Å². The maximum Gasteiger partial charge on any atom is 0.250 e. The average Bonchev–Trinajstić information content (AvgIpc) is 2.75. The lowest BCUT2D eigenvalue weighted by atomic mass is 10.5. The summed E-state index contributed by atoms with van der Waals surface area (Å²) in [6.07, 6.45) is 0.613. The zero-order valence-corrected chi connectivity index (χ0v) is 12.4. The molecule has 0 saturated carbocycles. The van der Waals surface area contributed by atoms with E-state index < -0.39 is 10.0 Å². The van der Waals surface area contributed by atoms with Crippen molar-refractivity contribution in [2.45, 2.75) is 10.6 Å². The molecule has 0 spiro atoms. The molecule has 0 aliphatic carbocycles. The summed E-state index contributed by atoms with van der Waals surface area (Å²) in [5.74, 6) is 0. The first-order valence-corrected chi connectivity index (χ1v) is 8.05. The van der Waals surface area contributed by atoms with Crippen molar-refractivity contribution in [3.05, 3.63) is 16.5 Å². The van der Waals surface area contributed by atoms with Crippen molar-refractivity contribution in [1.82, 2.24) is 4.72 Å². The Morgan fingerprint density at radius 2 is 2.11 bits per heavy atom. The molecule has 1 N–H and O–H groups in total. The maximum atomic E-state index is 11.8. The highest BCUT2D eigenvalue weighted by atomic mass is 35.5. The number of halogens is 1. The van der Waals surface area contributed by atoms with Crippen LogP contribution in [0.2, 0.25) is 4.34 Å². The number of nitrogens with one attached hydrogen (secondary N) is 1. The molecule has 0 unspecified atom stereocenters. The maximum absolute atomic E-state index is 11.8. The normalized spacial score (nSPS) is 11.9. The van der Waals surface area contributed by atoms with Gasteiger partial charge in [-0.2, -0.15) is 0 Å². The van der Waals surface area contributed by atoms with Gasteiger partial charge in [0, 0.05) is 20.3 Å². The fourth-order valence-corrected chi connectivity index (χ4v) is 3.74. The predicted molar refractivity (Wildman–Crippen MR) is 71.8 cm³/mol. The highest BCUT2D eigenvalue weighted by Gasteiger charge is 2.15. The first kappa shape index (κ1) is 15.9. The number of methoxy groups -OCH3 is 1. The van der Waals surface area contributed by atoms with Gasteiger partial charge in [0.1, 0.15) is 4.21 Å². The number of ether oxygens (including phenoxy) is 2. The van der Waals surface area contributed by atoms with E-state index in [-0.39, 0.29) is 4.21 Å². The third-order valence-electron chi connectivity index (χ3n) is 2.00. The van der Waals surface area contributed by atoms with Crippen molar-refractivity contribution in [1.29, 1.82) is 0 Å². The van der Waals surface area contributed by atoms with Crippen LogP contribution in [0.4, 0.5) is 0 Å². The van der Waals surface area contributed by atoms with Crippen molar-refractivity contribution in [3.63, 3.8) is 0 Å². The van der Waals surface area contributed by atoms with Gasteiger partial charge in [-0.1, -0.05) is 11.6 Å². The number of thiophene rings is 1. The SMILES string of the molecule is COCCOCCCNS(=O)(=O)c1ccc(Cl)s1. The first-order valence-electron chi connectivity index (χ1n) is 5.38. The molecule has 1 heterocycles. The van der Waals surface area contributed by atoms with Gasteiger partial charge in [0.15, 0.2) is 0 Å². The van der Waals surface area contributed by atoms with Crippen LogP contribution in [0.5, 0.6) is 0 Å². The Morgan fingerprint density at radius 1 is 1.33 bits per heavy atom. The van der Waals surface area contributed by atoms with Crippen LogP contribution in [0.3, 0.4) is 0 Å². The molecule has 5 nitrogen and oxygen atoms in total. The third-order valence-corrected chi connectivity index (χ3v) is 5.19. The van der Waals surface area contributed by atoms with Crippen LogP contribution in [-0.4, -0.2) is 41.9 Å². The summed E-state index contributed by atoms with van der Waals surface area (Å²) in [7, 11) is -1.83. The summed E-state index contributed by atoms with van der Waals surface area (Å²) in [5.41, 5.74) is 0. The lowest BCUT2D eigenvalue weighted by Crippen LogP contribution is -2.25. The van der Waals surface area contributed by atoms with Crippen molar-refractivity contribution < 1.29 is 17.9 Å². The molecule has 104 valence electrons. The van der Waals surface area contributed by atoms with Crippen LogP contribution in [0, 0.1) is 0 Å². The van der Waals surface area contributed by atoms with E-state index in [4.69, 9.17) is 21.1 Å². The Bertz CT molecular complexity index is 446. The van der Waals surface area contributed by atoms with Crippen LogP contribution in [0.15, 0.2) is 16.3 Å². The van der Waals surface area contributed by atoms with Crippen LogP contribution in [0.1, 0.15) is 6.42 Å². The van der Waals surface area contributed by atoms with Gasteiger partial charge in [0.2, 0.25) is 10.0 Å². The Hall–Kier alpha value is -0.180. The van der Waals surface area contributed by atoms with Gasteiger partial charge in [-0.15, -0.1) is 11.3 Å². The Labute approximate surface area is 116 Å². The van der Waals surface area contributed by atoms with E-state index in [9.17, 15) is 8.42 Å². The van der Waals surface area contributed by atoms with Gasteiger partial charge in [0.25, 0.3) is 0 Å². The zero-order chi connectivity index (χ0) is 13.4. The Kier molecular flexibility index (Phi) is 7.13. The van der Waals surface area contributed by atoms with E-state index >= 15 is 0 Å². The average molecular weight is 314 g/mol. The molecule has 0 amide bonds. The summed E-state index contributed by atoms with van der Waals surface area (Å²) in [6.45, 7) is 1.89. The summed E-state index contributed by atoms with van der Waals surface area (Å²) < 4.78 is 36.7. The highest BCUT2D eigenvalue weighted by molar-refractivity contribution is 7.91. The molecule has 0 radical (unpaired) electrons. The van der Waals surface area contributed by atoms with E-state index in [1.165, 1.54) is 6.07 Å². The number of rotatable bonds is 9. The van der Waals surface area contributed by atoms with Crippen molar-refractivity contribution in [2.75, 3.05) is 33.5 Å². The Balaban J connectivity index is 2.22. The largest absolute Gasteiger partial charge is 0.382 e. The topological polar surface area (TPSA) is 64.6 Å². The molecule has 8 heteroatoms. The molecule has 1 aromatic heterocycles. The van der Waals surface area contributed by atoms with E-state index in [1.807, 2.05) is 0 Å². The van der Waals surface area contributed by atoms with Gasteiger partial charge >= 0.3 is 0 Å². The van der Waals surface area contributed by atoms with Crippen LogP contribution in [-0.2, 0) is 19.5 Å². The van der Waals surface area contributed by atoms with E-state index in [1.54, 1.807) is 13.2 Å². The molecule has 0 bridgehead atoms. The van der Waals surface area contributed by atoms with Crippen LogP contribution >= 0.6 is 22.9 Å². The van der Waals surface area contributed by atoms with Crippen LogP contribution in [0.25, 0.3) is 0 Å². The van der Waals surface area contributed by atoms with Gasteiger partial charge in [-0.05, 0) is 18.6 Å². The van der Waals surface area contributed by atoms with Crippen molar-refractivity contribution >= 4 is 33.0 Å². The van der Waals surface area contributed by atoms with E-state index in [0.29, 0.717) is 37.1 Å². The molecular formula is C10H16ClNO4S2. The lowest BCUT2D eigenvalue weighted by Gasteiger charge is -2.05. The minimum absolute atomic E-state index is 0.229.